The lowest BCUT2D eigenvalue weighted by Crippen LogP contribution is -2.79. The van der Waals surface area contributed by atoms with Crippen LogP contribution in [0.5, 0.6) is 0 Å². The van der Waals surface area contributed by atoms with Crippen molar-refractivity contribution >= 4 is 8.32 Å². The minimum Gasteiger partial charge on any atom is -0.408 e. The Morgan fingerprint density at radius 2 is 1.45 bits per heavy atom. The van der Waals surface area contributed by atoms with Crippen molar-refractivity contribution in [3.05, 3.63) is 0 Å². The van der Waals surface area contributed by atoms with E-state index in [2.05, 4.69) is 33.9 Å². The average molecular weight is 328 g/mol. The molecule has 6 nitrogen and oxygen atoms in total. The molecule has 7 heteroatoms. The topological polar surface area (TPSA) is 62.0 Å². The van der Waals surface area contributed by atoms with E-state index in [1.165, 1.54) is 0 Å². The molecule has 1 saturated carbocycles. The molecule has 22 heavy (non-hydrogen) atoms. The molecule has 6 aliphatic rings. The SMILES string of the molecule is CC(C)(C)[Si](C)(C)OC1[C@H]2OC3OC([C@]24CO4)[C@]2(CO2)[C@@H]1O3. The van der Waals surface area contributed by atoms with Gasteiger partial charge < -0.3 is 28.1 Å². The first kappa shape index (κ1) is 14.3. The van der Waals surface area contributed by atoms with E-state index in [0.29, 0.717) is 13.2 Å². The molecule has 5 heterocycles. The van der Waals surface area contributed by atoms with Gasteiger partial charge in [0.2, 0.25) is 0 Å². The molecule has 0 radical (unpaired) electrons. The van der Waals surface area contributed by atoms with Crippen molar-refractivity contribution in [2.45, 2.75) is 81.0 Å². The summed E-state index contributed by atoms with van der Waals surface area (Å²) in [6, 6.07) is 0. The second-order valence-corrected chi connectivity index (χ2v) is 13.5. The van der Waals surface area contributed by atoms with Crippen molar-refractivity contribution in [2.75, 3.05) is 13.2 Å². The van der Waals surface area contributed by atoms with Gasteiger partial charge in [-0.05, 0) is 18.1 Å². The molecule has 6 rings (SSSR count). The summed E-state index contributed by atoms with van der Waals surface area (Å²) >= 11 is 0. The fourth-order valence-corrected chi connectivity index (χ4v) is 5.21. The normalized spacial score (nSPS) is 55.2. The van der Waals surface area contributed by atoms with Gasteiger partial charge in [0.15, 0.2) is 8.32 Å². The van der Waals surface area contributed by atoms with Crippen LogP contribution in [-0.4, -0.2) is 63.6 Å². The van der Waals surface area contributed by atoms with Gasteiger partial charge in [0.05, 0.1) is 13.2 Å². The molecule has 124 valence electrons. The molecule has 0 aromatic carbocycles. The van der Waals surface area contributed by atoms with Crippen molar-refractivity contribution in [3.63, 3.8) is 0 Å². The maximum Gasteiger partial charge on any atom is 0.273 e. The van der Waals surface area contributed by atoms with Crippen LogP contribution in [0.15, 0.2) is 0 Å². The average Bonchev–Trinajstić information content (AvgIpc) is 3.30. The molecule has 0 aromatic heterocycles. The fourth-order valence-electron chi connectivity index (χ4n) is 3.93. The molecular formula is C15H24O6Si. The van der Waals surface area contributed by atoms with Crippen LogP contribution in [0.1, 0.15) is 20.8 Å². The lowest BCUT2D eigenvalue weighted by molar-refractivity contribution is -0.473. The predicted molar refractivity (Wildman–Crippen MR) is 77.8 cm³/mol. The van der Waals surface area contributed by atoms with Gasteiger partial charge in [0.25, 0.3) is 6.48 Å². The second kappa shape index (κ2) is 3.79. The van der Waals surface area contributed by atoms with Crippen LogP contribution in [0, 0.1) is 0 Å². The molecule has 0 unspecified atom stereocenters. The Morgan fingerprint density at radius 1 is 0.955 bits per heavy atom. The van der Waals surface area contributed by atoms with Crippen molar-refractivity contribution in [1.82, 2.24) is 0 Å². The monoisotopic (exact) mass is 328 g/mol. The van der Waals surface area contributed by atoms with Crippen LogP contribution in [0.25, 0.3) is 0 Å². The number of hydrogen-bond acceptors (Lipinski definition) is 6. The highest BCUT2D eigenvalue weighted by molar-refractivity contribution is 6.74. The summed E-state index contributed by atoms with van der Waals surface area (Å²) in [7, 11) is -1.95. The summed E-state index contributed by atoms with van der Waals surface area (Å²) in [4.78, 5) is 0. The molecule has 5 aliphatic heterocycles. The summed E-state index contributed by atoms with van der Waals surface area (Å²) in [6.07, 6.45) is -0.443. The van der Waals surface area contributed by atoms with E-state index < -0.39 is 14.8 Å². The van der Waals surface area contributed by atoms with Gasteiger partial charge in [-0.15, -0.1) is 0 Å². The van der Waals surface area contributed by atoms with Gasteiger partial charge in [0, 0.05) is 0 Å². The first-order chi connectivity index (χ1) is 10.2. The Bertz CT molecular complexity index is 491. The minimum absolute atomic E-state index is 0.0817. The molecule has 0 N–H and O–H groups in total. The second-order valence-electron chi connectivity index (χ2n) is 8.75. The highest BCUT2D eigenvalue weighted by atomic mass is 28.4. The van der Waals surface area contributed by atoms with Crippen molar-refractivity contribution in [3.8, 4) is 0 Å². The van der Waals surface area contributed by atoms with Gasteiger partial charge in [-0.2, -0.15) is 0 Å². The van der Waals surface area contributed by atoms with Gasteiger partial charge in [-0.3, -0.25) is 0 Å². The van der Waals surface area contributed by atoms with Gasteiger partial charge in [-0.1, -0.05) is 20.8 Å². The summed E-state index contributed by atoms with van der Waals surface area (Å²) in [6.45, 7) is 12.0. The zero-order valence-electron chi connectivity index (χ0n) is 13.8. The van der Waals surface area contributed by atoms with Gasteiger partial charge in [-0.25, -0.2) is 0 Å². The molecule has 2 spiro atoms. The zero-order valence-corrected chi connectivity index (χ0v) is 14.8. The van der Waals surface area contributed by atoms with E-state index in [0.717, 1.165) is 0 Å². The number of hydrogen-bond donors (Lipinski definition) is 0. The van der Waals surface area contributed by atoms with Crippen LogP contribution in [0.3, 0.4) is 0 Å². The Kier molecular flexibility index (Phi) is 2.47. The smallest absolute Gasteiger partial charge is 0.273 e. The van der Waals surface area contributed by atoms with E-state index >= 15 is 0 Å². The maximum atomic E-state index is 6.70. The Labute approximate surface area is 131 Å². The third-order valence-electron chi connectivity index (χ3n) is 6.40. The van der Waals surface area contributed by atoms with Crippen molar-refractivity contribution < 1.29 is 28.1 Å². The molecule has 0 aromatic rings. The summed E-state index contributed by atoms with van der Waals surface area (Å²) < 4.78 is 36.2. The first-order valence-corrected chi connectivity index (χ1v) is 11.0. The molecule has 0 amide bonds. The van der Waals surface area contributed by atoms with Gasteiger partial charge >= 0.3 is 0 Å². The lowest BCUT2D eigenvalue weighted by Gasteiger charge is -2.59. The predicted octanol–water partition coefficient (Wildman–Crippen LogP) is 1.39. The summed E-state index contributed by atoms with van der Waals surface area (Å²) in [5.74, 6) is 0. The Morgan fingerprint density at radius 3 is 1.86 bits per heavy atom. The van der Waals surface area contributed by atoms with E-state index in [-0.39, 0.29) is 40.7 Å². The third kappa shape index (κ3) is 1.56. The highest BCUT2D eigenvalue weighted by Crippen LogP contribution is 2.62. The standard InChI is InChI=1S/C15H24O6Si/c1-13(2,3)22(4,5)21-8-9-14(6-16-14)11-15(7-17-15)10(8)19-12(18-9)20-11/h8-12H,6-7H2,1-5H3/t8?,9-,10-,11?,12?,14+,15+/m1/s1. The first-order valence-electron chi connectivity index (χ1n) is 8.12. The van der Waals surface area contributed by atoms with E-state index in [1.807, 2.05) is 0 Å². The molecule has 1 aliphatic carbocycles. The largest absolute Gasteiger partial charge is 0.408 e. The molecule has 4 bridgehead atoms. The van der Waals surface area contributed by atoms with E-state index in [4.69, 9.17) is 28.1 Å². The Balaban J connectivity index is 1.51. The molecular weight excluding hydrogens is 304 g/mol. The van der Waals surface area contributed by atoms with E-state index in [9.17, 15) is 0 Å². The van der Waals surface area contributed by atoms with Crippen molar-refractivity contribution in [2.24, 2.45) is 0 Å². The molecule has 6 fully saturated rings. The minimum atomic E-state index is -1.95. The quantitative estimate of drug-likeness (QED) is 0.564. The maximum absolute atomic E-state index is 6.70. The van der Waals surface area contributed by atoms with Crippen LogP contribution >= 0.6 is 0 Å². The van der Waals surface area contributed by atoms with Crippen molar-refractivity contribution in [1.29, 1.82) is 0 Å². The zero-order chi connectivity index (χ0) is 15.5. The number of epoxide rings is 2. The van der Waals surface area contributed by atoms with Crippen LogP contribution in [0.2, 0.25) is 18.1 Å². The fraction of sp³-hybridized carbons (Fsp3) is 1.00. The van der Waals surface area contributed by atoms with Crippen LogP contribution in [-0.2, 0) is 28.1 Å². The third-order valence-corrected chi connectivity index (χ3v) is 10.9. The highest BCUT2D eigenvalue weighted by Gasteiger charge is 2.84. The Hall–Kier alpha value is -0.0231. The van der Waals surface area contributed by atoms with Crippen LogP contribution < -0.4 is 0 Å². The lowest BCUT2D eigenvalue weighted by atomic mass is 9.71. The molecule has 4 atom stereocenters. The van der Waals surface area contributed by atoms with Crippen LogP contribution in [0.4, 0.5) is 0 Å². The van der Waals surface area contributed by atoms with E-state index in [1.54, 1.807) is 0 Å². The summed E-state index contributed by atoms with van der Waals surface area (Å²) in [5, 5.41) is 0.132. The van der Waals surface area contributed by atoms with Gasteiger partial charge in [0.1, 0.15) is 35.6 Å². The number of rotatable bonds is 2. The molecule has 5 saturated heterocycles. The number of ether oxygens (including phenoxy) is 5. The summed E-state index contributed by atoms with van der Waals surface area (Å²) in [5.41, 5.74) is -0.777.